The summed E-state index contributed by atoms with van der Waals surface area (Å²) in [5.41, 5.74) is 4.70. The summed E-state index contributed by atoms with van der Waals surface area (Å²) in [5, 5.41) is 2.39. The second-order valence-electron chi connectivity index (χ2n) is 6.70. The maximum Gasteiger partial charge on any atom is 0.411 e. The van der Waals surface area contributed by atoms with Gasteiger partial charge in [-0.3, -0.25) is 10.1 Å². The summed E-state index contributed by atoms with van der Waals surface area (Å²) >= 11 is 0. The fraction of sp³-hybridized carbons (Fsp3) is 0.130. The van der Waals surface area contributed by atoms with E-state index in [0.29, 0.717) is 5.56 Å². The van der Waals surface area contributed by atoms with Crippen LogP contribution in [0.1, 0.15) is 34.3 Å². The molecule has 0 aromatic heterocycles. The van der Waals surface area contributed by atoms with E-state index in [-0.39, 0.29) is 24.0 Å². The zero-order chi connectivity index (χ0) is 19.7. The number of Topliss-reactive ketones (excluding diaryl/α,β-unsaturated/α-hetero) is 1. The zero-order valence-electron chi connectivity index (χ0n) is 15.2. The zero-order valence-corrected chi connectivity index (χ0v) is 15.2. The number of ketones is 1. The summed E-state index contributed by atoms with van der Waals surface area (Å²) in [5.74, 6) is -0.916. The number of ether oxygens (including phenoxy) is 1. The lowest BCUT2D eigenvalue weighted by Crippen LogP contribution is -2.18. The summed E-state index contributed by atoms with van der Waals surface area (Å²) in [6.07, 6.45) is -0.763. The second-order valence-corrected chi connectivity index (χ2v) is 6.70. The quantitative estimate of drug-likeness (QED) is 0.622. The molecule has 1 aliphatic rings. The van der Waals surface area contributed by atoms with E-state index in [1.165, 1.54) is 19.1 Å². The standard InChI is InChI=1S/C23H18FNO3/c1-14(26)15-10-11-21(24)22(12-15)25-23(27)28-13-20-18-8-4-2-6-16(18)17-7-3-5-9-19(17)20/h2-12,20H,13H2,1H3,(H,25,27). The Balaban J connectivity index is 1.50. The van der Waals surface area contributed by atoms with Crippen molar-refractivity contribution in [3.05, 3.63) is 89.2 Å². The maximum absolute atomic E-state index is 13.9. The highest BCUT2D eigenvalue weighted by Crippen LogP contribution is 2.44. The van der Waals surface area contributed by atoms with Crippen molar-refractivity contribution in [2.75, 3.05) is 11.9 Å². The third-order valence-corrected chi connectivity index (χ3v) is 4.95. The molecule has 3 aromatic carbocycles. The van der Waals surface area contributed by atoms with Crippen LogP contribution in [0.2, 0.25) is 0 Å². The number of nitrogens with one attached hydrogen (secondary N) is 1. The predicted molar refractivity (Wildman–Crippen MR) is 105 cm³/mol. The lowest BCUT2D eigenvalue weighted by atomic mass is 9.98. The first kappa shape index (κ1) is 17.9. The lowest BCUT2D eigenvalue weighted by Gasteiger charge is -2.15. The minimum Gasteiger partial charge on any atom is -0.448 e. The number of benzene rings is 3. The van der Waals surface area contributed by atoms with E-state index in [9.17, 15) is 14.0 Å². The van der Waals surface area contributed by atoms with Gasteiger partial charge in [-0.1, -0.05) is 48.5 Å². The van der Waals surface area contributed by atoms with Crippen LogP contribution in [0.15, 0.2) is 66.7 Å². The summed E-state index contributed by atoms with van der Waals surface area (Å²) in [4.78, 5) is 23.7. The highest BCUT2D eigenvalue weighted by atomic mass is 19.1. The molecule has 5 heteroatoms. The molecule has 0 unspecified atom stereocenters. The number of halogens is 1. The highest BCUT2D eigenvalue weighted by Gasteiger charge is 2.29. The molecule has 0 aliphatic heterocycles. The lowest BCUT2D eigenvalue weighted by molar-refractivity contribution is 0.101. The van der Waals surface area contributed by atoms with Crippen molar-refractivity contribution in [3.8, 4) is 11.1 Å². The van der Waals surface area contributed by atoms with Crippen molar-refractivity contribution < 1.29 is 18.7 Å². The van der Waals surface area contributed by atoms with Crippen molar-refractivity contribution in [3.63, 3.8) is 0 Å². The molecule has 4 nitrogen and oxygen atoms in total. The van der Waals surface area contributed by atoms with E-state index >= 15 is 0 Å². The van der Waals surface area contributed by atoms with Gasteiger partial charge in [-0.25, -0.2) is 9.18 Å². The Hall–Kier alpha value is -3.47. The van der Waals surface area contributed by atoms with E-state index in [1.807, 2.05) is 36.4 Å². The molecule has 0 saturated carbocycles. The monoisotopic (exact) mass is 375 g/mol. The normalized spacial score (nSPS) is 12.2. The molecule has 1 amide bonds. The molecule has 4 rings (SSSR count). The number of amides is 1. The van der Waals surface area contributed by atoms with Gasteiger partial charge in [-0.05, 0) is 47.4 Å². The topological polar surface area (TPSA) is 55.4 Å². The van der Waals surface area contributed by atoms with E-state index < -0.39 is 11.9 Å². The van der Waals surface area contributed by atoms with Gasteiger partial charge in [-0.15, -0.1) is 0 Å². The van der Waals surface area contributed by atoms with Crippen molar-refractivity contribution in [2.45, 2.75) is 12.8 Å². The summed E-state index contributed by atoms with van der Waals surface area (Å²) < 4.78 is 19.3. The number of rotatable bonds is 4. The first-order valence-electron chi connectivity index (χ1n) is 8.97. The molecule has 0 atom stereocenters. The van der Waals surface area contributed by atoms with Crippen LogP contribution in [0, 0.1) is 5.82 Å². The van der Waals surface area contributed by atoms with Gasteiger partial charge in [0.25, 0.3) is 0 Å². The molecular weight excluding hydrogens is 357 g/mol. The Morgan fingerprint density at radius 2 is 1.57 bits per heavy atom. The van der Waals surface area contributed by atoms with Gasteiger partial charge in [-0.2, -0.15) is 0 Å². The van der Waals surface area contributed by atoms with E-state index in [4.69, 9.17) is 4.74 Å². The largest absolute Gasteiger partial charge is 0.448 e. The van der Waals surface area contributed by atoms with Crippen LogP contribution in [-0.4, -0.2) is 18.5 Å². The number of hydrogen-bond acceptors (Lipinski definition) is 3. The number of carbonyl (C=O) groups excluding carboxylic acids is 2. The molecule has 1 N–H and O–H groups in total. The molecule has 0 spiro atoms. The van der Waals surface area contributed by atoms with Crippen molar-refractivity contribution in [2.24, 2.45) is 0 Å². The van der Waals surface area contributed by atoms with Gasteiger partial charge in [0.1, 0.15) is 12.4 Å². The second kappa shape index (κ2) is 7.27. The van der Waals surface area contributed by atoms with E-state index in [1.54, 1.807) is 0 Å². The van der Waals surface area contributed by atoms with E-state index in [2.05, 4.69) is 17.4 Å². The number of fused-ring (bicyclic) bond motifs is 3. The van der Waals surface area contributed by atoms with E-state index in [0.717, 1.165) is 28.3 Å². The SMILES string of the molecule is CC(=O)c1ccc(F)c(NC(=O)OCC2c3ccccc3-c3ccccc32)c1. The van der Waals surface area contributed by atoms with Gasteiger partial charge in [0.15, 0.2) is 5.78 Å². The van der Waals surface area contributed by atoms with Crippen molar-refractivity contribution >= 4 is 17.6 Å². The average Bonchev–Trinajstić information content (AvgIpc) is 3.02. The Bertz CT molecular complexity index is 1030. The molecule has 0 saturated heterocycles. The molecule has 28 heavy (non-hydrogen) atoms. The maximum atomic E-state index is 13.9. The number of hydrogen-bond donors (Lipinski definition) is 1. The smallest absolute Gasteiger partial charge is 0.411 e. The van der Waals surface area contributed by atoms with Crippen LogP contribution in [-0.2, 0) is 4.74 Å². The molecule has 0 radical (unpaired) electrons. The molecule has 1 aliphatic carbocycles. The molecule has 0 fully saturated rings. The van der Waals surface area contributed by atoms with Crippen LogP contribution in [0.5, 0.6) is 0 Å². The Kier molecular flexibility index (Phi) is 4.65. The van der Waals surface area contributed by atoms with Crippen molar-refractivity contribution in [1.82, 2.24) is 0 Å². The van der Waals surface area contributed by atoms with Gasteiger partial charge in [0.2, 0.25) is 0 Å². The molecule has 0 heterocycles. The average molecular weight is 375 g/mol. The van der Waals surface area contributed by atoms with Crippen LogP contribution in [0.3, 0.4) is 0 Å². The number of anilines is 1. The predicted octanol–water partition coefficient (Wildman–Crippen LogP) is 5.39. The summed E-state index contributed by atoms with van der Waals surface area (Å²) in [6, 6.07) is 19.9. The van der Waals surface area contributed by atoms with Gasteiger partial charge in [0.05, 0.1) is 5.69 Å². The van der Waals surface area contributed by atoms with Crippen molar-refractivity contribution in [1.29, 1.82) is 0 Å². The van der Waals surface area contributed by atoms with Crippen LogP contribution in [0.25, 0.3) is 11.1 Å². The molecule has 140 valence electrons. The Morgan fingerprint density at radius 1 is 0.964 bits per heavy atom. The third-order valence-electron chi connectivity index (χ3n) is 4.95. The fourth-order valence-electron chi connectivity index (χ4n) is 3.58. The Labute approximate surface area is 162 Å². The molecule has 0 bridgehead atoms. The van der Waals surface area contributed by atoms with Gasteiger partial charge < -0.3 is 4.74 Å². The first-order chi connectivity index (χ1) is 13.5. The van der Waals surface area contributed by atoms with Crippen LogP contribution >= 0.6 is 0 Å². The van der Waals surface area contributed by atoms with Crippen LogP contribution < -0.4 is 5.32 Å². The fourth-order valence-corrected chi connectivity index (χ4v) is 3.58. The Morgan fingerprint density at radius 3 is 2.18 bits per heavy atom. The van der Waals surface area contributed by atoms with Gasteiger partial charge in [0, 0.05) is 11.5 Å². The van der Waals surface area contributed by atoms with Gasteiger partial charge >= 0.3 is 6.09 Å². The summed E-state index contributed by atoms with van der Waals surface area (Å²) in [7, 11) is 0. The molecular formula is C23H18FNO3. The minimum absolute atomic E-state index is 0.0773. The third kappa shape index (κ3) is 3.27. The number of carbonyl (C=O) groups is 2. The summed E-state index contributed by atoms with van der Waals surface area (Å²) in [6.45, 7) is 1.51. The highest BCUT2D eigenvalue weighted by molar-refractivity contribution is 5.96. The minimum atomic E-state index is -0.763. The van der Waals surface area contributed by atoms with Crippen LogP contribution in [0.4, 0.5) is 14.9 Å². The molecule has 3 aromatic rings. The first-order valence-corrected chi connectivity index (χ1v) is 8.97.